The molecule has 1 aromatic rings. The van der Waals surface area contributed by atoms with Crippen LogP contribution in [-0.2, 0) is 16.2 Å². The van der Waals surface area contributed by atoms with E-state index in [0.717, 1.165) is 31.2 Å². The highest BCUT2D eigenvalue weighted by Crippen LogP contribution is 2.38. The van der Waals surface area contributed by atoms with Crippen molar-refractivity contribution in [2.24, 2.45) is 0 Å². The number of ether oxygens (including phenoxy) is 1. The van der Waals surface area contributed by atoms with E-state index in [1.807, 2.05) is 4.72 Å². The van der Waals surface area contributed by atoms with Gasteiger partial charge in [-0.1, -0.05) is 0 Å². The molecule has 2 rings (SSSR count). The van der Waals surface area contributed by atoms with Crippen molar-refractivity contribution in [3.8, 4) is 5.75 Å². The van der Waals surface area contributed by atoms with Crippen LogP contribution in [0.4, 0.5) is 18.9 Å². The molecule has 19 heavy (non-hydrogen) atoms. The fraction of sp³-hybridized carbons (Fsp3) is 0.455. The van der Waals surface area contributed by atoms with Gasteiger partial charge in [0, 0.05) is 0 Å². The average molecular weight is 295 g/mol. The van der Waals surface area contributed by atoms with Crippen LogP contribution in [0, 0.1) is 0 Å². The Morgan fingerprint density at radius 1 is 1.32 bits per heavy atom. The first kappa shape index (κ1) is 14.0. The molecule has 4 nitrogen and oxygen atoms in total. The van der Waals surface area contributed by atoms with Crippen LogP contribution >= 0.6 is 0 Å². The molecule has 8 heteroatoms. The molecule has 1 saturated carbocycles. The zero-order valence-electron chi connectivity index (χ0n) is 9.99. The monoisotopic (exact) mass is 295 g/mol. The molecule has 0 spiro atoms. The second kappa shape index (κ2) is 4.59. The number of halogens is 3. The van der Waals surface area contributed by atoms with Crippen LogP contribution in [0.15, 0.2) is 18.2 Å². The third-order valence-corrected chi connectivity index (χ3v) is 3.01. The van der Waals surface area contributed by atoms with Gasteiger partial charge in [-0.3, -0.25) is 4.72 Å². The van der Waals surface area contributed by atoms with Crippen molar-refractivity contribution in [2.45, 2.75) is 25.1 Å². The quantitative estimate of drug-likeness (QED) is 0.929. The van der Waals surface area contributed by atoms with Gasteiger partial charge in [0.2, 0.25) is 10.0 Å². The number of sulfonamides is 1. The van der Waals surface area contributed by atoms with Gasteiger partial charge in [0.15, 0.2) is 0 Å². The van der Waals surface area contributed by atoms with Crippen LogP contribution in [0.2, 0.25) is 0 Å². The first-order chi connectivity index (χ1) is 8.65. The smallest absolute Gasteiger partial charge is 0.418 e. The zero-order valence-corrected chi connectivity index (χ0v) is 10.8. The molecule has 1 aromatic carbocycles. The van der Waals surface area contributed by atoms with Gasteiger partial charge in [-0.25, -0.2) is 8.42 Å². The highest BCUT2D eigenvalue weighted by Gasteiger charge is 2.35. The van der Waals surface area contributed by atoms with Gasteiger partial charge < -0.3 is 4.74 Å². The Balaban J connectivity index is 2.36. The molecule has 0 aliphatic heterocycles. The Morgan fingerprint density at radius 2 is 1.95 bits per heavy atom. The Kier molecular flexibility index (Phi) is 3.38. The van der Waals surface area contributed by atoms with Crippen molar-refractivity contribution in [3.63, 3.8) is 0 Å². The molecule has 1 N–H and O–H groups in total. The van der Waals surface area contributed by atoms with E-state index in [0.29, 0.717) is 0 Å². The van der Waals surface area contributed by atoms with Crippen molar-refractivity contribution >= 4 is 15.7 Å². The van der Waals surface area contributed by atoms with E-state index >= 15 is 0 Å². The maximum absolute atomic E-state index is 12.9. The molecule has 0 saturated heterocycles. The Hall–Kier alpha value is -1.44. The van der Waals surface area contributed by atoms with Gasteiger partial charge >= 0.3 is 6.18 Å². The largest absolute Gasteiger partial charge is 0.490 e. The van der Waals surface area contributed by atoms with E-state index in [1.165, 1.54) is 6.07 Å². The molecule has 1 aliphatic rings. The van der Waals surface area contributed by atoms with Crippen molar-refractivity contribution < 1.29 is 26.3 Å². The summed E-state index contributed by atoms with van der Waals surface area (Å²) in [4.78, 5) is 0. The van der Waals surface area contributed by atoms with Gasteiger partial charge in [0.1, 0.15) is 5.75 Å². The van der Waals surface area contributed by atoms with Gasteiger partial charge in [-0.15, -0.1) is 0 Å². The summed E-state index contributed by atoms with van der Waals surface area (Å²) in [6.07, 6.45) is -2.25. The van der Waals surface area contributed by atoms with Crippen LogP contribution in [0.1, 0.15) is 18.4 Å². The Labute approximate surface area is 108 Å². The summed E-state index contributed by atoms with van der Waals surface area (Å²) in [5.41, 5.74) is -1.56. The summed E-state index contributed by atoms with van der Waals surface area (Å²) in [5, 5.41) is 0. The number of rotatable bonds is 4. The standard InChI is InChI=1S/C11H12F3NO3S/c1-19(16,17)15-10-5-4-8(18-7-2-3-7)6-9(10)11(12,13)14/h4-7,15H,2-3H2,1H3. The van der Waals surface area contributed by atoms with E-state index in [2.05, 4.69) is 0 Å². The molecule has 106 valence electrons. The van der Waals surface area contributed by atoms with Gasteiger partial charge in [-0.05, 0) is 31.0 Å². The minimum absolute atomic E-state index is 0.0326. The van der Waals surface area contributed by atoms with Crippen molar-refractivity contribution in [1.29, 1.82) is 0 Å². The van der Waals surface area contributed by atoms with Crippen molar-refractivity contribution in [2.75, 3.05) is 11.0 Å². The number of alkyl halides is 3. The lowest BCUT2D eigenvalue weighted by Crippen LogP contribution is -2.15. The minimum Gasteiger partial charge on any atom is -0.490 e. The maximum Gasteiger partial charge on any atom is 0.418 e. The fourth-order valence-electron chi connectivity index (χ4n) is 1.50. The SMILES string of the molecule is CS(=O)(=O)Nc1ccc(OC2CC2)cc1C(F)(F)F. The zero-order chi connectivity index (χ0) is 14.3. The average Bonchev–Trinajstić information content (AvgIpc) is 3.00. The first-order valence-corrected chi connectivity index (χ1v) is 7.40. The summed E-state index contributed by atoms with van der Waals surface area (Å²) in [6, 6.07) is 3.19. The van der Waals surface area contributed by atoms with Crippen LogP contribution < -0.4 is 9.46 Å². The molecule has 0 amide bonds. The van der Waals surface area contributed by atoms with E-state index < -0.39 is 27.5 Å². The minimum atomic E-state index is -4.66. The van der Waals surface area contributed by atoms with Crippen LogP contribution in [0.25, 0.3) is 0 Å². The lowest BCUT2D eigenvalue weighted by molar-refractivity contribution is -0.137. The third kappa shape index (κ3) is 4.02. The number of hydrogen-bond acceptors (Lipinski definition) is 3. The van der Waals surface area contributed by atoms with E-state index in [-0.39, 0.29) is 11.9 Å². The van der Waals surface area contributed by atoms with E-state index in [9.17, 15) is 21.6 Å². The highest BCUT2D eigenvalue weighted by molar-refractivity contribution is 7.92. The predicted octanol–water partition coefficient (Wildman–Crippen LogP) is 2.62. The summed E-state index contributed by atoms with van der Waals surface area (Å²) in [6.45, 7) is 0. The summed E-state index contributed by atoms with van der Waals surface area (Å²) >= 11 is 0. The summed E-state index contributed by atoms with van der Waals surface area (Å²) in [7, 11) is -3.77. The van der Waals surface area contributed by atoms with E-state index in [1.54, 1.807) is 0 Å². The lowest BCUT2D eigenvalue weighted by Gasteiger charge is -2.15. The number of anilines is 1. The maximum atomic E-state index is 12.9. The molecule has 0 aromatic heterocycles. The van der Waals surface area contributed by atoms with Gasteiger partial charge in [0.05, 0.1) is 23.6 Å². The fourth-order valence-corrected chi connectivity index (χ4v) is 2.08. The third-order valence-electron chi connectivity index (χ3n) is 2.42. The molecule has 1 aliphatic carbocycles. The first-order valence-electron chi connectivity index (χ1n) is 5.51. The molecule has 0 radical (unpaired) electrons. The molecule has 0 bridgehead atoms. The van der Waals surface area contributed by atoms with Crippen molar-refractivity contribution in [3.05, 3.63) is 23.8 Å². The molecular formula is C11H12F3NO3S. The number of hydrogen-bond donors (Lipinski definition) is 1. The highest BCUT2D eigenvalue weighted by atomic mass is 32.2. The normalized spacial score (nSPS) is 16.2. The van der Waals surface area contributed by atoms with Crippen LogP contribution in [0.3, 0.4) is 0 Å². The topological polar surface area (TPSA) is 55.4 Å². The number of nitrogens with one attached hydrogen (secondary N) is 1. The summed E-state index contributed by atoms with van der Waals surface area (Å²) < 4.78 is 67.8. The second-order valence-corrected chi connectivity index (χ2v) is 6.15. The molecule has 1 fully saturated rings. The molecular weight excluding hydrogens is 283 g/mol. The van der Waals surface area contributed by atoms with Crippen LogP contribution in [0.5, 0.6) is 5.75 Å². The van der Waals surface area contributed by atoms with E-state index in [4.69, 9.17) is 4.74 Å². The number of benzene rings is 1. The van der Waals surface area contributed by atoms with Crippen LogP contribution in [-0.4, -0.2) is 20.8 Å². The van der Waals surface area contributed by atoms with Gasteiger partial charge in [0.25, 0.3) is 0 Å². The Morgan fingerprint density at radius 3 is 2.42 bits per heavy atom. The Bertz CT molecular complexity index is 579. The predicted molar refractivity (Wildman–Crippen MR) is 63.6 cm³/mol. The molecule has 0 atom stereocenters. The van der Waals surface area contributed by atoms with Crippen molar-refractivity contribution in [1.82, 2.24) is 0 Å². The summed E-state index contributed by atoms with van der Waals surface area (Å²) in [5.74, 6) is 0.0916. The second-order valence-electron chi connectivity index (χ2n) is 4.40. The molecule has 0 heterocycles. The van der Waals surface area contributed by atoms with Gasteiger partial charge in [-0.2, -0.15) is 13.2 Å². The molecule has 0 unspecified atom stereocenters. The lowest BCUT2D eigenvalue weighted by atomic mass is 10.1.